The first-order valence-electron chi connectivity index (χ1n) is 6.33. The number of anilines is 1. The van der Waals surface area contributed by atoms with E-state index in [1.165, 1.54) is 11.3 Å². The van der Waals surface area contributed by atoms with Crippen LogP contribution in [-0.4, -0.2) is 17.1 Å². The van der Waals surface area contributed by atoms with Crippen molar-refractivity contribution in [3.8, 4) is 0 Å². The lowest BCUT2D eigenvalue weighted by Crippen LogP contribution is -2.11. The van der Waals surface area contributed by atoms with E-state index in [-0.39, 0.29) is 12.1 Å². The predicted octanol–water partition coefficient (Wildman–Crippen LogP) is 3.31. The number of aryl methyl sites for hydroxylation is 2. The van der Waals surface area contributed by atoms with Gasteiger partial charge in [-0.3, -0.25) is 0 Å². The van der Waals surface area contributed by atoms with Crippen LogP contribution in [0.4, 0.5) is 5.69 Å². The first-order valence-corrected chi connectivity index (χ1v) is 7.15. The lowest BCUT2D eigenvalue weighted by Gasteiger charge is -2.06. The van der Waals surface area contributed by atoms with E-state index < -0.39 is 0 Å². The van der Waals surface area contributed by atoms with E-state index in [1.807, 2.05) is 26.8 Å². The highest BCUT2D eigenvalue weighted by Crippen LogP contribution is 2.34. The van der Waals surface area contributed by atoms with Gasteiger partial charge in [0.25, 0.3) is 0 Å². The quantitative estimate of drug-likeness (QED) is 0.875. The number of hydrogen-bond donors (Lipinski definition) is 1. The van der Waals surface area contributed by atoms with Crippen LogP contribution in [0.5, 0.6) is 0 Å². The summed E-state index contributed by atoms with van der Waals surface area (Å²) in [7, 11) is 0. The largest absolute Gasteiger partial charge is 0.459 e. The summed E-state index contributed by atoms with van der Waals surface area (Å²) in [5.41, 5.74) is 8.66. The zero-order valence-corrected chi connectivity index (χ0v) is 12.4. The van der Waals surface area contributed by atoms with Crippen molar-refractivity contribution in [3.63, 3.8) is 0 Å². The third kappa shape index (κ3) is 2.56. The molecule has 0 aromatic carbocycles. The molecular weight excluding hydrogens is 260 g/mol. The van der Waals surface area contributed by atoms with Crippen molar-refractivity contribution in [1.82, 2.24) is 4.98 Å². The summed E-state index contributed by atoms with van der Waals surface area (Å²) in [5.74, 6) is -0.369. The van der Waals surface area contributed by atoms with Crippen molar-refractivity contribution in [2.24, 2.45) is 0 Å². The molecule has 19 heavy (non-hydrogen) atoms. The van der Waals surface area contributed by atoms with Gasteiger partial charge in [-0.1, -0.05) is 6.92 Å². The van der Waals surface area contributed by atoms with E-state index in [1.54, 1.807) is 0 Å². The Morgan fingerprint density at radius 3 is 2.79 bits per heavy atom. The van der Waals surface area contributed by atoms with E-state index in [4.69, 9.17) is 10.5 Å². The Morgan fingerprint density at radius 2 is 2.21 bits per heavy atom. The Bertz CT molecular complexity index is 632. The van der Waals surface area contributed by atoms with Crippen LogP contribution in [-0.2, 0) is 11.2 Å². The summed E-state index contributed by atoms with van der Waals surface area (Å²) in [6, 6.07) is 2.00. The maximum atomic E-state index is 12.0. The van der Waals surface area contributed by atoms with Gasteiger partial charge in [-0.15, -0.1) is 11.3 Å². The van der Waals surface area contributed by atoms with Crippen molar-refractivity contribution in [3.05, 3.63) is 22.2 Å². The highest BCUT2D eigenvalue weighted by molar-refractivity contribution is 7.21. The number of hydrogen-bond acceptors (Lipinski definition) is 5. The molecule has 0 radical (unpaired) electrons. The van der Waals surface area contributed by atoms with Gasteiger partial charge in [0, 0.05) is 11.1 Å². The van der Waals surface area contributed by atoms with Crippen LogP contribution < -0.4 is 5.73 Å². The summed E-state index contributed by atoms with van der Waals surface area (Å²) in [6.07, 6.45) is 0.712. The van der Waals surface area contributed by atoms with Crippen LogP contribution in [0.15, 0.2) is 6.07 Å². The molecule has 102 valence electrons. The van der Waals surface area contributed by atoms with Gasteiger partial charge in [-0.05, 0) is 38.8 Å². The molecule has 0 aliphatic heterocycles. The summed E-state index contributed by atoms with van der Waals surface area (Å²) in [6.45, 7) is 7.71. The topological polar surface area (TPSA) is 65.2 Å². The fourth-order valence-corrected chi connectivity index (χ4v) is 2.93. The first-order chi connectivity index (χ1) is 8.93. The van der Waals surface area contributed by atoms with Crippen LogP contribution >= 0.6 is 11.3 Å². The minimum Gasteiger partial charge on any atom is -0.459 e. The van der Waals surface area contributed by atoms with E-state index in [9.17, 15) is 4.79 Å². The Hall–Kier alpha value is -1.62. The number of nitrogens with zero attached hydrogens (tertiary/aromatic N) is 1. The monoisotopic (exact) mass is 278 g/mol. The molecule has 0 atom stereocenters. The van der Waals surface area contributed by atoms with Crippen LogP contribution in [0.2, 0.25) is 0 Å². The molecule has 2 aromatic rings. The lowest BCUT2D eigenvalue weighted by molar-refractivity contribution is 0.0385. The molecule has 2 rings (SSSR count). The Morgan fingerprint density at radius 1 is 1.53 bits per heavy atom. The van der Waals surface area contributed by atoms with Crippen LogP contribution in [0.3, 0.4) is 0 Å². The highest BCUT2D eigenvalue weighted by Gasteiger charge is 2.20. The first kappa shape index (κ1) is 13.8. The molecule has 0 fully saturated rings. The Kier molecular flexibility index (Phi) is 3.75. The molecule has 0 aliphatic carbocycles. The molecule has 0 amide bonds. The maximum Gasteiger partial charge on any atom is 0.350 e. The Labute approximate surface area is 116 Å². The number of rotatable bonds is 3. The molecule has 0 saturated carbocycles. The van der Waals surface area contributed by atoms with Gasteiger partial charge >= 0.3 is 5.97 Å². The second-order valence-electron chi connectivity index (χ2n) is 4.76. The summed E-state index contributed by atoms with van der Waals surface area (Å²) < 4.78 is 5.20. The highest BCUT2D eigenvalue weighted by atomic mass is 32.1. The molecule has 2 heterocycles. The summed E-state index contributed by atoms with van der Waals surface area (Å²) in [5, 5.41) is 0.843. The van der Waals surface area contributed by atoms with Crippen molar-refractivity contribution in [2.45, 2.75) is 40.2 Å². The van der Waals surface area contributed by atoms with E-state index in [0.29, 0.717) is 10.6 Å². The van der Waals surface area contributed by atoms with E-state index in [2.05, 4.69) is 11.9 Å². The molecule has 2 aromatic heterocycles. The van der Waals surface area contributed by atoms with Crippen LogP contribution in [0.1, 0.15) is 41.7 Å². The van der Waals surface area contributed by atoms with Gasteiger partial charge in [0.15, 0.2) is 0 Å². The lowest BCUT2D eigenvalue weighted by atomic mass is 10.1. The number of nitrogen functional groups attached to an aromatic ring is 1. The fraction of sp³-hybridized carbons (Fsp3) is 0.429. The standard InChI is InChI=1S/C14H18N2O2S/c1-5-10-8(4)6-9-11(15)12(19-13(9)16-10)14(17)18-7(2)3/h6-7H,5,15H2,1-4H3. The number of thiophene rings is 1. The average Bonchev–Trinajstić information content (AvgIpc) is 2.65. The maximum absolute atomic E-state index is 12.0. The van der Waals surface area contributed by atoms with Gasteiger partial charge < -0.3 is 10.5 Å². The van der Waals surface area contributed by atoms with E-state index >= 15 is 0 Å². The van der Waals surface area contributed by atoms with Gasteiger partial charge in [-0.25, -0.2) is 9.78 Å². The second kappa shape index (κ2) is 5.17. The Balaban J connectivity index is 2.53. The number of pyridine rings is 1. The fourth-order valence-electron chi connectivity index (χ4n) is 1.95. The van der Waals surface area contributed by atoms with Crippen molar-refractivity contribution >= 4 is 33.2 Å². The van der Waals surface area contributed by atoms with Crippen LogP contribution in [0.25, 0.3) is 10.2 Å². The second-order valence-corrected chi connectivity index (χ2v) is 5.76. The molecule has 5 heteroatoms. The zero-order valence-electron chi connectivity index (χ0n) is 11.6. The van der Waals surface area contributed by atoms with Gasteiger partial charge in [0.2, 0.25) is 0 Å². The average molecular weight is 278 g/mol. The van der Waals surface area contributed by atoms with Crippen molar-refractivity contribution in [1.29, 1.82) is 0 Å². The SMILES string of the molecule is CCc1nc2sc(C(=O)OC(C)C)c(N)c2cc1C. The normalized spacial score (nSPS) is 11.2. The number of nitrogens with two attached hydrogens (primary N) is 1. The number of aromatic nitrogens is 1. The molecule has 0 spiro atoms. The number of carbonyl (C=O) groups excluding carboxylic acids is 1. The smallest absolute Gasteiger partial charge is 0.350 e. The molecule has 0 unspecified atom stereocenters. The van der Waals surface area contributed by atoms with Gasteiger partial charge in [0.05, 0.1) is 11.8 Å². The van der Waals surface area contributed by atoms with Crippen molar-refractivity contribution < 1.29 is 9.53 Å². The summed E-state index contributed by atoms with van der Waals surface area (Å²) >= 11 is 1.30. The van der Waals surface area contributed by atoms with Crippen LogP contribution in [0, 0.1) is 6.92 Å². The minimum atomic E-state index is -0.369. The number of esters is 1. The molecule has 0 saturated heterocycles. The number of fused-ring (bicyclic) bond motifs is 1. The number of ether oxygens (including phenoxy) is 1. The molecule has 0 bridgehead atoms. The minimum absolute atomic E-state index is 0.155. The van der Waals surface area contributed by atoms with Gasteiger partial charge in [0.1, 0.15) is 9.71 Å². The van der Waals surface area contributed by atoms with Gasteiger partial charge in [-0.2, -0.15) is 0 Å². The molecule has 2 N–H and O–H groups in total. The molecular formula is C14H18N2O2S. The zero-order chi connectivity index (χ0) is 14.2. The van der Waals surface area contributed by atoms with Crippen molar-refractivity contribution in [2.75, 3.05) is 5.73 Å². The molecule has 4 nitrogen and oxygen atoms in total. The third-order valence-corrected chi connectivity index (χ3v) is 3.97. The van der Waals surface area contributed by atoms with E-state index in [0.717, 1.165) is 27.9 Å². The predicted molar refractivity (Wildman–Crippen MR) is 78.7 cm³/mol. The third-order valence-electron chi connectivity index (χ3n) is 2.88. The molecule has 0 aliphatic rings. The summed E-state index contributed by atoms with van der Waals surface area (Å²) in [4.78, 5) is 17.8. The number of carbonyl (C=O) groups is 1.